The molecule has 2 heteroatoms. The van der Waals surface area contributed by atoms with Crippen molar-refractivity contribution >= 4 is 43.6 Å². The SMILES string of the molecule is c1ccc(-c2cccc3c4cc(-c5ccc6c(c5)c5ccccc5n6-c5ccc6c(c5)C(c5ccccc5)(c5ccccc5)c5ccccc5-6)ccc4n(-c4ccccc4)c23)cc1. The molecule has 2 nitrogen and oxygen atoms in total. The Morgan fingerprint density at radius 1 is 0.270 bits per heavy atom. The van der Waals surface area contributed by atoms with Gasteiger partial charge in [-0.1, -0.05) is 188 Å². The van der Waals surface area contributed by atoms with Crippen molar-refractivity contribution < 1.29 is 0 Å². The minimum absolute atomic E-state index is 0.472. The van der Waals surface area contributed by atoms with Crippen LogP contribution < -0.4 is 0 Å². The number of aromatic nitrogens is 2. The molecule has 1 aliphatic rings. The van der Waals surface area contributed by atoms with Crippen LogP contribution in [-0.2, 0) is 5.41 Å². The first kappa shape index (κ1) is 35.5. The van der Waals surface area contributed by atoms with E-state index >= 15 is 0 Å². The van der Waals surface area contributed by atoms with Gasteiger partial charge in [-0.2, -0.15) is 0 Å². The van der Waals surface area contributed by atoms with E-state index in [1.807, 2.05) is 0 Å². The number of fused-ring (bicyclic) bond motifs is 9. The average Bonchev–Trinajstić information content (AvgIpc) is 3.98. The van der Waals surface area contributed by atoms with Crippen molar-refractivity contribution in [3.63, 3.8) is 0 Å². The fourth-order valence-corrected chi connectivity index (χ4v) is 10.9. The molecule has 12 aromatic rings. The van der Waals surface area contributed by atoms with Crippen LogP contribution in [0.3, 0.4) is 0 Å². The minimum Gasteiger partial charge on any atom is -0.309 e. The van der Waals surface area contributed by atoms with Crippen molar-refractivity contribution in [3.05, 3.63) is 265 Å². The molecule has 1 aliphatic carbocycles. The quantitative estimate of drug-likeness (QED) is 0.159. The first-order valence-corrected chi connectivity index (χ1v) is 21.8. The second-order valence-corrected chi connectivity index (χ2v) is 16.8. The van der Waals surface area contributed by atoms with E-state index in [0.29, 0.717) is 0 Å². The molecular weight excluding hydrogens is 761 g/mol. The maximum absolute atomic E-state index is 2.47. The number of rotatable bonds is 6. The second kappa shape index (κ2) is 13.9. The number of nitrogens with zero attached hydrogens (tertiary/aromatic N) is 2. The summed E-state index contributed by atoms with van der Waals surface area (Å²) in [5.41, 5.74) is 19.2. The van der Waals surface area contributed by atoms with Gasteiger partial charge < -0.3 is 9.13 Å². The highest BCUT2D eigenvalue weighted by Gasteiger charge is 2.46. The van der Waals surface area contributed by atoms with Crippen molar-refractivity contribution in [1.82, 2.24) is 9.13 Å². The monoisotopic (exact) mass is 800 g/mol. The first-order valence-electron chi connectivity index (χ1n) is 21.8. The van der Waals surface area contributed by atoms with Gasteiger partial charge in [0.15, 0.2) is 0 Å². The Kier molecular flexibility index (Phi) is 7.85. The lowest BCUT2D eigenvalue weighted by Gasteiger charge is -2.34. The van der Waals surface area contributed by atoms with Crippen molar-refractivity contribution in [1.29, 1.82) is 0 Å². The molecular formula is C61H40N2. The molecule has 294 valence electrons. The van der Waals surface area contributed by atoms with E-state index < -0.39 is 5.41 Å². The van der Waals surface area contributed by atoms with Crippen LogP contribution in [-0.4, -0.2) is 9.13 Å². The maximum Gasteiger partial charge on any atom is 0.0714 e. The van der Waals surface area contributed by atoms with Crippen LogP contribution >= 0.6 is 0 Å². The molecule has 0 saturated heterocycles. The molecule has 0 unspecified atom stereocenters. The molecule has 0 spiro atoms. The Labute approximate surface area is 366 Å². The van der Waals surface area contributed by atoms with Crippen LogP contribution in [0.25, 0.3) is 88.4 Å². The summed E-state index contributed by atoms with van der Waals surface area (Å²) in [4.78, 5) is 0. The third kappa shape index (κ3) is 5.19. The Hall–Kier alpha value is -8.20. The van der Waals surface area contributed by atoms with Crippen LogP contribution in [0.15, 0.2) is 243 Å². The Bertz CT molecular complexity index is 3670. The molecule has 0 radical (unpaired) electrons. The second-order valence-electron chi connectivity index (χ2n) is 16.8. The average molecular weight is 801 g/mol. The molecule has 13 rings (SSSR count). The van der Waals surface area contributed by atoms with Crippen LogP contribution in [0.2, 0.25) is 0 Å². The highest BCUT2D eigenvalue weighted by Crippen LogP contribution is 2.56. The summed E-state index contributed by atoms with van der Waals surface area (Å²) in [7, 11) is 0. The third-order valence-corrected chi connectivity index (χ3v) is 13.6. The van der Waals surface area contributed by atoms with Gasteiger partial charge in [-0.25, -0.2) is 0 Å². The predicted molar refractivity (Wildman–Crippen MR) is 263 cm³/mol. The number of para-hydroxylation sites is 3. The first-order chi connectivity index (χ1) is 31.3. The molecule has 2 heterocycles. The van der Waals surface area contributed by atoms with Crippen LogP contribution in [0.5, 0.6) is 0 Å². The fraction of sp³-hybridized carbons (Fsp3) is 0.0164. The van der Waals surface area contributed by atoms with E-state index in [1.165, 1.54) is 99.2 Å². The van der Waals surface area contributed by atoms with Crippen LogP contribution in [0.4, 0.5) is 0 Å². The standard InChI is InChI=1S/C61H40N2/c1-5-18-41(19-6-1)48-28-17-29-52-54-39-43(33-37-59(54)63(60(48)52)46-24-11-4-12-25-46)42-32-36-58-53(38-42)51-27-14-16-31-57(51)62(58)47-34-35-50-49-26-13-15-30-55(49)61(56(50)40-47,44-20-7-2-8-21-44)45-22-9-3-10-23-45/h1-40H. The summed E-state index contributed by atoms with van der Waals surface area (Å²) in [6, 6.07) is 89.5. The van der Waals surface area contributed by atoms with Crippen LogP contribution in [0.1, 0.15) is 22.3 Å². The van der Waals surface area contributed by atoms with E-state index in [4.69, 9.17) is 0 Å². The molecule has 0 N–H and O–H groups in total. The third-order valence-electron chi connectivity index (χ3n) is 13.6. The Balaban J connectivity index is 1.01. The molecule has 10 aromatic carbocycles. The lowest BCUT2D eigenvalue weighted by molar-refractivity contribution is 0.767. The van der Waals surface area contributed by atoms with Crippen LogP contribution in [0, 0.1) is 0 Å². The molecule has 2 aromatic heterocycles. The molecule has 0 fully saturated rings. The summed E-state index contributed by atoms with van der Waals surface area (Å²) < 4.78 is 4.91. The van der Waals surface area contributed by atoms with E-state index in [0.717, 1.165) is 11.4 Å². The van der Waals surface area contributed by atoms with Gasteiger partial charge in [-0.15, -0.1) is 0 Å². The summed E-state index contributed by atoms with van der Waals surface area (Å²) in [6.45, 7) is 0. The molecule has 63 heavy (non-hydrogen) atoms. The number of hydrogen-bond donors (Lipinski definition) is 0. The van der Waals surface area contributed by atoms with E-state index in [9.17, 15) is 0 Å². The van der Waals surface area contributed by atoms with Gasteiger partial charge in [0, 0.05) is 38.5 Å². The molecule has 0 atom stereocenters. The largest absolute Gasteiger partial charge is 0.309 e. The lowest BCUT2D eigenvalue weighted by atomic mass is 9.67. The minimum atomic E-state index is -0.472. The van der Waals surface area contributed by atoms with E-state index in [2.05, 4.69) is 252 Å². The summed E-state index contributed by atoms with van der Waals surface area (Å²) in [5, 5.41) is 4.97. The van der Waals surface area contributed by atoms with Gasteiger partial charge in [-0.05, 0) is 105 Å². The molecule has 0 saturated carbocycles. The number of hydrogen-bond acceptors (Lipinski definition) is 0. The van der Waals surface area contributed by atoms with Gasteiger partial charge in [0.05, 0.1) is 27.5 Å². The van der Waals surface area contributed by atoms with Crippen molar-refractivity contribution in [2.75, 3.05) is 0 Å². The van der Waals surface area contributed by atoms with Gasteiger partial charge >= 0.3 is 0 Å². The predicted octanol–water partition coefficient (Wildman–Crippen LogP) is 15.6. The van der Waals surface area contributed by atoms with E-state index in [1.54, 1.807) is 0 Å². The summed E-state index contributed by atoms with van der Waals surface area (Å²) in [5.74, 6) is 0. The summed E-state index contributed by atoms with van der Waals surface area (Å²) >= 11 is 0. The zero-order valence-corrected chi connectivity index (χ0v) is 34.5. The van der Waals surface area contributed by atoms with Gasteiger partial charge in [0.25, 0.3) is 0 Å². The Morgan fingerprint density at radius 2 is 0.794 bits per heavy atom. The molecule has 0 bridgehead atoms. The Morgan fingerprint density at radius 3 is 1.51 bits per heavy atom. The normalized spacial score (nSPS) is 12.9. The highest BCUT2D eigenvalue weighted by atomic mass is 15.0. The lowest BCUT2D eigenvalue weighted by Crippen LogP contribution is -2.28. The van der Waals surface area contributed by atoms with Crippen molar-refractivity contribution in [3.8, 4) is 44.8 Å². The maximum atomic E-state index is 2.47. The number of benzene rings is 10. The highest BCUT2D eigenvalue weighted by molar-refractivity contribution is 6.15. The topological polar surface area (TPSA) is 9.86 Å². The van der Waals surface area contributed by atoms with Gasteiger partial charge in [-0.3, -0.25) is 0 Å². The summed E-state index contributed by atoms with van der Waals surface area (Å²) in [6.07, 6.45) is 0. The van der Waals surface area contributed by atoms with E-state index in [-0.39, 0.29) is 0 Å². The van der Waals surface area contributed by atoms with Gasteiger partial charge in [0.1, 0.15) is 0 Å². The zero-order valence-electron chi connectivity index (χ0n) is 34.5. The van der Waals surface area contributed by atoms with Crippen molar-refractivity contribution in [2.45, 2.75) is 5.41 Å². The fourth-order valence-electron chi connectivity index (χ4n) is 10.9. The molecule has 0 amide bonds. The van der Waals surface area contributed by atoms with Crippen molar-refractivity contribution in [2.24, 2.45) is 0 Å². The zero-order chi connectivity index (χ0) is 41.5. The van der Waals surface area contributed by atoms with Gasteiger partial charge in [0.2, 0.25) is 0 Å². The smallest absolute Gasteiger partial charge is 0.0714 e. The molecule has 0 aliphatic heterocycles.